The molecular weight excluding hydrogens is 1170 g/mol. The number of aliphatic carboxylic acids is 1. The fraction of sp³-hybridized carbons (Fsp3) is 0.686. The number of hydrogen-bond acceptors (Lipinski definition) is 8. The zero-order valence-corrected chi connectivity index (χ0v) is 62.0. The van der Waals surface area contributed by atoms with Gasteiger partial charge in [0.2, 0.25) is 0 Å². The second kappa shape index (κ2) is 75.0. The molecule has 0 aromatic heterocycles. The average Bonchev–Trinajstić information content (AvgIpc) is 3.75. The van der Waals surface area contributed by atoms with E-state index in [1.54, 1.807) is 0 Å². The molecule has 0 aliphatic heterocycles. The highest BCUT2D eigenvalue weighted by atomic mass is 16.7. The maximum Gasteiger partial charge on any atom is 0.306 e. The van der Waals surface area contributed by atoms with Gasteiger partial charge in [0.05, 0.1) is 40.3 Å². The molecule has 2 atom stereocenters. The van der Waals surface area contributed by atoms with Crippen molar-refractivity contribution in [2.45, 2.75) is 334 Å². The zero-order valence-electron chi connectivity index (χ0n) is 62.0. The van der Waals surface area contributed by atoms with Crippen molar-refractivity contribution in [3.05, 3.63) is 146 Å². The first-order valence-electron chi connectivity index (χ1n) is 39.0. The molecule has 0 rings (SSSR count). The van der Waals surface area contributed by atoms with Crippen molar-refractivity contribution in [1.29, 1.82) is 0 Å². The van der Waals surface area contributed by atoms with Crippen LogP contribution in [0.1, 0.15) is 322 Å². The molecule has 0 spiro atoms. The maximum atomic E-state index is 13.0. The molecule has 0 aromatic rings. The van der Waals surface area contributed by atoms with Crippen LogP contribution < -0.4 is 5.11 Å². The molecule has 0 saturated heterocycles. The van der Waals surface area contributed by atoms with Gasteiger partial charge in [-0.1, -0.05) is 333 Å². The van der Waals surface area contributed by atoms with E-state index in [0.29, 0.717) is 17.4 Å². The lowest BCUT2D eigenvalue weighted by Gasteiger charge is -2.26. The Morgan fingerprint density at radius 2 is 0.600 bits per heavy atom. The number of quaternary nitrogens is 1. The molecule has 0 aromatic carbocycles. The monoisotopic (exact) mass is 1320 g/mol. The molecule has 0 N–H and O–H groups in total. The van der Waals surface area contributed by atoms with E-state index in [1.807, 2.05) is 21.1 Å². The lowest BCUT2D eigenvalue weighted by Crippen LogP contribution is -2.44. The van der Waals surface area contributed by atoms with Crippen LogP contribution in [0.15, 0.2) is 146 Å². The molecule has 0 radical (unpaired) electrons. The Hall–Kier alpha value is -4.83. The van der Waals surface area contributed by atoms with Crippen molar-refractivity contribution < 1.29 is 42.9 Å². The Morgan fingerprint density at radius 1 is 0.326 bits per heavy atom. The van der Waals surface area contributed by atoms with Gasteiger partial charge in [0.1, 0.15) is 13.2 Å². The molecule has 0 aliphatic carbocycles. The number of likely N-dealkylation sites (N-methyl/N-ethyl adjacent to an activating group) is 1. The van der Waals surface area contributed by atoms with Crippen molar-refractivity contribution in [1.82, 2.24) is 0 Å². The smallest absolute Gasteiger partial charge is 0.306 e. The Kier molecular flexibility index (Phi) is 71.1. The average molecular weight is 1320 g/mol. The van der Waals surface area contributed by atoms with E-state index in [-0.39, 0.29) is 38.6 Å². The Labute approximate surface area is 585 Å². The van der Waals surface area contributed by atoms with Gasteiger partial charge in [-0.3, -0.25) is 9.59 Å². The highest BCUT2D eigenvalue weighted by molar-refractivity contribution is 5.70. The van der Waals surface area contributed by atoms with Gasteiger partial charge in [0.15, 0.2) is 12.4 Å². The number of nitrogens with zero attached hydrogens (tertiary/aromatic N) is 1. The fourth-order valence-electron chi connectivity index (χ4n) is 10.7. The molecule has 0 bridgehead atoms. The molecular formula is C86H145NO8. The predicted octanol–water partition coefficient (Wildman–Crippen LogP) is 23.7. The first-order valence-corrected chi connectivity index (χ1v) is 39.0. The number of rotatable bonds is 71. The first kappa shape index (κ1) is 90.2. The highest BCUT2D eigenvalue weighted by Crippen LogP contribution is 2.17. The molecule has 0 heterocycles. The van der Waals surface area contributed by atoms with E-state index in [4.69, 9.17) is 18.9 Å². The van der Waals surface area contributed by atoms with Gasteiger partial charge < -0.3 is 33.3 Å². The number of carboxylic acids is 1. The van der Waals surface area contributed by atoms with Crippen LogP contribution in [0.2, 0.25) is 0 Å². The number of allylic oxidation sites excluding steroid dienone is 24. The van der Waals surface area contributed by atoms with E-state index >= 15 is 0 Å². The number of esters is 2. The lowest BCUT2D eigenvalue weighted by molar-refractivity contribution is -0.870. The van der Waals surface area contributed by atoms with Gasteiger partial charge >= 0.3 is 11.9 Å². The second-order valence-electron chi connectivity index (χ2n) is 26.9. The Bertz CT molecular complexity index is 2080. The number of carboxylic acid groups (broad SMARTS) is 1. The van der Waals surface area contributed by atoms with E-state index in [0.717, 1.165) is 116 Å². The van der Waals surface area contributed by atoms with Gasteiger partial charge in [-0.2, -0.15) is 0 Å². The van der Waals surface area contributed by atoms with Crippen LogP contribution in [0.5, 0.6) is 0 Å². The molecule has 0 amide bonds. The molecule has 0 fully saturated rings. The van der Waals surface area contributed by atoms with Crippen LogP contribution in [0.25, 0.3) is 0 Å². The minimum atomic E-state index is -1.63. The third-order valence-electron chi connectivity index (χ3n) is 16.6. The van der Waals surface area contributed by atoms with Crippen molar-refractivity contribution in [3.8, 4) is 0 Å². The van der Waals surface area contributed by atoms with Crippen LogP contribution >= 0.6 is 0 Å². The normalized spacial score (nSPS) is 13.5. The van der Waals surface area contributed by atoms with Gasteiger partial charge in [-0.25, -0.2) is 0 Å². The molecule has 2 unspecified atom stereocenters. The van der Waals surface area contributed by atoms with Crippen molar-refractivity contribution in [3.63, 3.8) is 0 Å². The van der Waals surface area contributed by atoms with E-state index in [9.17, 15) is 19.5 Å². The first-order chi connectivity index (χ1) is 46.6. The summed E-state index contributed by atoms with van der Waals surface area (Å²) >= 11 is 0. The minimum Gasteiger partial charge on any atom is -0.545 e. The number of ether oxygens (including phenoxy) is 4. The molecule has 0 saturated carbocycles. The number of carbonyl (C=O) groups excluding carboxylic acids is 3. The third-order valence-corrected chi connectivity index (χ3v) is 16.6. The predicted molar refractivity (Wildman–Crippen MR) is 407 cm³/mol. The van der Waals surface area contributed by atoms with Gasteiger partial charge in [0.25, 0.3) is 0 Å². The summed E-state index contributed by atoms with van der Waals surface area (Å²) in [5.41, 5.74) is 0. The van der Waals surface area contributed by atoms with Crippen molar-refractivity contribution >= 4 is 17.9 Å². The largest absolute Gasteiger partial charge is 0.545 e. The van der Waals surface area contributed by atoms with Gasteiger partial charge in [0, 0.05) is 12.8 Å². The number of carbonyl (C=O) groups is 3. The van der Waals surface area contributed by atoms with E-state index in [2.05, 4.69) is 160 Å². The van der Waals surface area contributed by atoms with Crippen LogP contribution in [-0.2, 0) is 33.3 Å². The summed E-state index contributed by atoms with van der Waals surface area (Å²) in [4.78, 5) is 37.6. The second-order valence-corrected chi connectivity index (χ2v) is 26.9. The van der Waals surface area contributed by atoms with Crippen LogP contribution in [0.4, 0.5) is 0 Å². The fourth-order valence-corrected chi connectivity index (χ4v) is 10.7. The number of hydrogen-bond donors (Lipinski definition) is 0. The Morgan fingerprint density at radius 3 is 0.895 bits per heavy atom. The lowest BCUT2D eigenvalue weighted by atomic mass is 10.0. The molecule has 9 nitrogen and oxygen atoms in total. The van der Waals surface area contributed by atoms with Gasteiger partial charge in [-0.05, 0) is 122 Å². The Balaban J connectivity index is 4.11. The van der Waals surface area contributed by atoms with E-state index in [1.165, 1.54) is 173 Å². The molecule has 95 heavy (non-hydrogen) atoms. The molecule has 0 aliphatic rings. The number of unbranched alkanes of at least 4 members (excludes halogenated alkanes) is 32. The van der Waals surface area contributed by atoms with Crippen LogP contribution in [-0.4, -0.2) is 82.3 Å². The molecule has 542 valence electrons. The van der Waals surface area contributed by atoms with Crippen molar-refractivity contribution in [2.24, 2.45) is 0 Å². The summed E-state index contributed by atoms with van der Waals surface area (Å²) in [6.07, 6.45) is 107. The summed E-state index contributed by atoms with van der Waals surface area (Å²) < 4.78 is 22.8. The topological polar surface area (TPSA) is 111 Å². The minimum absolute atomic E-state index is 0.141. The summed E-state index contributed by atoms with van der Waals surface area (Å²) in [5, 5.41) is 11.9. The summed E-state index contributed by atoms with van der Waals surface area (Å²) in [7, 11) is 5.93. The quantitative estimate of drug-likeness (QED) is 0.0195. The SMILES string of the molecule is CC/C=C\C/C=C\C/C=C\C/C=C\C/C=C\C/C=C\C/C=C\C/C=C\C/C=C\CCCCCCCCCCCC(=O)OC(COC(=O)CCCCCCCCCCCCCCCCCCCC/C=C\C/C=C\C/C=C\CCCCCCC)COC(OCC[N+](C)(C)C)C(=O)[O-]. The summed E-state index contributed by atoms with van der Waals surface area (Å²) in [6, 6.07) is 0. The zero-order chi connectivity index (χ0) is 69.0. The summed E-state index contributed by atoms with van der Waals surface area (Å²) in [5.74, 6) is -2.29. The van der Waals surface area contributed by atoms with Gasteiger partial charge in [-0.15, -0.1) is 0 Å². The van der Waals surface area contributed by atoms with Crippen LogP contribution in [0, 0.1) is 0 Å². The van der Waals surface area contributed by atoms with Crippen LogP contribution in [0.3, 0.4) is 0 Å². The maximum absolute atomic E-state index is 13.0. The molecule has 9 heteroatoms. The van der Waals surface area contributed by atoms with E-state index < -0.39 is 24.3 Å². The van der Waals surface area contributed by atoms with Crippen molar-refractivity contribution in [2.75, 3.05) is 47.5 Å². The standard InChI is InChI=1S/C86H145NO8/c1-6-8-10-12-14-16-18-20-22-24-26-28-30-32-34-36-38-40-41-42-43-45-47-49-51-53-55-57-59-61-63-65-67-69-71-73-75-77-84(89)95-82(81-94-86(85(90)91)92-79-78-87(3,4)5)80-93-83(88)76-74-72-70-68-66-64-62-60-58-56-54-52-50-48-46-44-39-37-35-33-31-29-27-25-23-21-19-17-15-13-11-9-7-2/h8,10,14,16,19-22,25-28,31-34,38,40,42-43,47,49,53,55,82,86H,6-7,9,11-13,15,17-18,23-24,29-30,35-37,39,41,44-46,48,50-52,54,56-81H2,1-5H3/b10-8-,16-14-,21-19-,22-20-,27-25-,28-26-,33-31-,34-32-,40-38-,43-42-,49-47-,55-53-. The summed E-state index contributed by atoms with van der Waals surface area (Å²) in [6.45, 7) is 4.63. The highest BCUT2D eigenvalue weighted by Gasteiger charge is 2.22. The third kappa shape index (κ3) is 76.4.